The van der Waals surface area contributed by atoms with Crippen LogP contribution < -0.4 is 0 Å². The lowest BCUT2D eigenvalue weighted by atomic mass is 9.97. The Morgan fingerprint density at radius 3 is 0.889 bits per heavy atom. The van der Waals surface area contributed by atoms with Crippen molar-refractivity contribution in [2.24, 2.45) is 0 Å². The van der Waals surface area contributed by atoms with E-state index in [4.69, 9.17) is 4.55 Å². The molecular formula is C11H12F12O3S. The second-order valence-electron chi connectivity index (χ2n) is 5.20. The Balaban J connectivity index is 5.16. The highest BCUT2D eigenvalue weighted by atomic mass is 32.2. The SMILES string of the molecule is O=S(=O)(O)C(F)C(F)C(F)C(F)C(F)C(F)C(F)C(F)C(F)C(F)C(F)F. The van der Waals surface area contributed by atoms with E-state index in [9.17, 15) is 61.1 Å². The summed E-state index contributed by atoms with van der Waals surface area (Å²) in [7, 11) is -5.95. The average molecular weight is 452 g/mol. The Labute approximate surface area is 144 Å². The minimum Gasteiger partial charge on any atom is -0.283 e. The van der Waals surface area contributed by atoms with E-state index in [1.165, 1.54) is 0 Å². The lowest BCUT2D eigenvalue weighted by molar-refractivity contribution is -0.0748. The summed E-state index contributed by atoms with van der Waals surface area (Å²) in [5.74, 6) is 0. The fraction of sp³-hybridized carbons (Fsp3) is 1.00. The molecule has 0 amide bonds. The molecule has 3 nitrogen and oxygen atoms in total. The van der Waals surface area contributed by atoms with Gasteiger partial charge in [-0.1, -0.05) is 0 Å². The van der Waals surface area contributed by atoms with Gasteiger partial charge in [0.1, 0.15) is 0 Å². The number of hydrogen-bond donors (Lipinski definition) is 1. The predicted octanol–water partition coefficient (Wildman–Crippen LogP) is 3.48. The number of rotatable bonds is 11. The standard InChI is InChI=1S/C11H12F12O3S/c12-1(2(13)4(15)6(17)8(19)10(21)22)3(14)5(16)7(18)9(20)11(23)27(24,25)26/h1-11H,(H,24,25,26). The molecule has 1 N–H and O–H groups in total. The topological polar surface area (TPSA) is 54.4 Å². The minimum atomic E-state index is -5.95. The summed E-state index contributed by atoms with van der Waals surface area (Å²) in [6.45, 7) is 0. The van der Waals surface area contributed by atoms with E-state index in [1.54, 1.807) is 0 Å². The van der Waals surface area contributed by atoms with E-state index >= 15 is 0 Å². The van der Waals surface area contributed by atoms with Crippen LogP contribution in [0.5, 0.6) is 0 Å². The first kappa shape index (κ1) is 26.1. The van der Waals surface area contributed by atoms with Gasteiger partial charge in [-0.2, -0.15) is 8.42 Å². The molecule has 10 atom stereocenters. The smallest absolute Gasteiger partial charge is 0.283 e. The third-order valence-electron chi connectivity index (χ3n) is 3.21. The van der Waals surface area contributed by atoms with Crippen LogP contribution in [0, 0.1) is 0 Å². The quantitative estimate of drug-likeness (QED) is 0.386. The molecule has 0 saturated heterocycles. The zero-order chi connectivity index (χ0) is 21.9. The molecule has 0 spiro atoms. The summed E-state index contributed by atoms with van der Waals surface area (Å²) in [4.78, 5) is 0. The second-order valence-corrected chi connectivity index (χ2v) is 6.68. The van der Waals surface area contributed by atoms with E-state index < -0.39 is 77.6 Å². The number of alkyl halides is 12. The molecule has 164 valence electrons. The first-order valence-electron chi connectivity index (χ1n) is 6.70. The van der Waals surface area contributed by atoms with Crippen molar-refractivity contribution in [2.75, 3.05) is 0 Å². The van der Waals surface area contributed by atoms with Crippen molar-refractivity contribution in [3.8, 4) is 0 Å². The van der Waals surface area contributed by atoms with Gasteiger partial charge in [0.05, 0.1) is 0 Å². The van der Waals surface area contributed by atoms with E-state index in [0.29, 0.717) is 0 Å². The maximum absolute atomic E-state index is 13.3. The highest BCUT2D eigenvalue weighted by molar-refractivity contribution is 7.86. The Morgan fingerprint density at radius 2 is 0.667 bits per heavy atom. The van der Waals surface area contributed by atoms with Crippen LogP contribution in [0.25, 0.3) is 0 Å². The van der Waals surface area contributed by atoms with Crippen LogP contribution in [0.4, 0.5) is 52.7 Å². The molecule has 0 aromatic carbocycles. The van der Waals surface area contributed by atoms with Crippen molar-refractivity contribution in [2.45, 2.75) is 67.5 Å². The van der Waals surface area contributed by atoms with Gasteiger partial charge in [-0.15, -0.1) is 0 Å². The molecular weight excluding hydrogens is 440 g/mol. The molecule has 0 heterocycles. The normalized spacial score (nSPS) is 24.4. The van der Waals surface area contributed by atoms with Crippen LogP contribution in [0.2, 0.25) is 0 Å². The summed E-state index contributed by atoms with van der Waals surface area (Å²) >= 11 is 0. The zero-order valence-corrected chi connectivity index (χ0v) is 13.4. The molecule has 16 heteroatoms. The highest BCUT2D eigenvalue weighted by Gasteiger charge is 2.51. The number of hydrogen-bond acceptors (Lipinski definition) is 2. The Bertz CT molecular complexity index is 551. The first-order valence-corrected chi connectivity index (χ1v) is 8.21. The van der Waals surface area contributed by atoms with Crippen molar-refractivity contribution in [1.82, 2.24) is 0 Å². The van der Waals surface area contributed by atoms with E-state index in [1.807, 2.05) is 0 Å². The Hall–Kier alpha value is -0.930. The molecule has 0 rings (SSSR count). The van der Waals surface area contributed by atoms with Gasteiger partial charge in [0.25, 0.3) is 11.9 Å². The van der Waals surface area contributed by atoms with Crippen molar-refractivity contribution in [3.63, 3.8) is 0 Å². The van der Waals surface area contributed by atoms with Crippen LogP contribution in [0.1, 0.15) is 0 Å². The molecule has 0 fully saturated rings. The first-order chi connectivity index (χ1) is 12.1. The predicted molar refractivity (Wildman–Crippen MR) is 66.5 cm³/mol. The Kier molecular flexibility index (Phi) is 9.68. The fourth-order valence-corrected chi connectivity index (χ4v) is 2.16. The summed E-state index contributed by atoms with van der Waals surface area (Å²) in [6, 6.07) is 0. The van der Waals surface area contributed by atoms with Gasteiger partial charge in [0.2, 0.25) is 0 Å². The summed E-state index contributed by atoms with van der Waals surface area (Å²) in [5.41, 5.74) is -4.15. The van der Waals surface area contributed by atoms with Crippen LogP contribution in [0.15, 0.2) is 0 Å². The van der Waals surface area contributed by atoms with Crippen molar-refractivity contribution in [1.29, 1.82) is 0 Å². The lowest BCUT2D eigenvalue weighted by Crippen LogP contribution is -2.50. The maximum Gasteiger partial charge on any atom is 0.300 e. The van der Waals surface area contributed by atoms with Crippen molar-refractivity contribution < 1.29 is 65.7 Å². The molecule has 10 unspecified atom stereocenters. The molecule has 0 aromatic rings. The molecule has 0 aliphatic rings. The zero-order valence-electron chi connectivity index (χ0n) is 12.6. The van der Waals surface area contributed by atoms with Gasteiger partial charge >= 0.3 is 10.1 Å². The van der Waals surface area contributed by atoms with Crippen LogP contribution >= 0.6 is 0 Å². The van der Waals surface area contributed by atoms with E-state index in [-0.39, 0.29) is 0 Å². The van der Waals surface area contributed by atoms with E-state index in [2.05, 4.69) is 0 Å². The molecule has 0 radical (unpaired) electrons. The average Bonchev–Trinajstić information content (AvgIpc) is 2.60. The van der Waals surface area contributed by atoms with Gasteiger partial charge in [0, 0.05) is 0 Å². The Morgan fingerprint density at radius 1 is 0.444 bits per heavy atom. The molecule has 27 heavy (non-hydrogen) atoms. The van der Waals surface area contributed by atoms with Gasteiger partial charge in [-0.3, -0.25) is 4.55 Å². The van der Waals surface area contributed by atoms with Gasteiger partial charge < -0.3 is 0 Å². The molecule has 0 aromatic heterocycles. The second kappa shape index (κ2) is 10.0. The van der Waals surface area contributed by atoms with Crippen LogP contribution in [0.3, 0.4) is 0 Å². The van der Waals surface area contributed by atoms with Crippen molar-refractivity contribution in [3.05, 3.63) is 0 Å². The summed E-state index contributed by atoms with van der Waals surface area (Å²) in [5, 5.41) is 0. The third kappa shape index (κ3) is 6.57. The molecule has 0 saturated carbocycles. The number of halogens is 12. The maximum atomic E-state index is 13.3. The van der Waals surface area contributed by atoms with Gasteiger partial charge in [0.15, 0.2) is 55.5 Å². The molecule has 0 bridgehead atoms. The highest BCUT2D eigenvalue weighted by Crippen LogP contribution is 2.30. The van der Waals surface area contributed by atoms with E-state index in [0.717, 1.165) is 0 Å². The largest absolute Gasteiger partial charge is 0.300 e. The van der Waals surface area contributed by atoms with Crippen LogP contribution in [-0.4, -0.2) is 80.4 Å². The third-order valence-corrected chi connectivity index (χ3v) is 4.04. The minimum absolute atomic E-state index is 3.98. The molecule has 0 aliphatic heterocycles. The van der Waals surface area contributed by atoms with Crippen LogP contribution in [-0.2, 0) is 10.1 Å². The monoisotopic (exact) mass is 452 g/mol. The summed E-state index contributed by atoms with van der Waals surface area (Å²) < 4.78 is 183. The molecule has 0 aliphatic carbocycles. The van der Waals surface area contributed by atoms with Crippen molar-refractivity contribution >= 4 is 10.1 Å². The van der Waals surface area contributed by atoms with Gasteiger partial charge in [-0.25, -0.2) is 52.7 Å². The lowest BCUT2D eigenvalue weighted by Gasteiger charge is -2.27. The van der Waals surface area contributed by atoms with Gasteiger partial charge in [-0.05, 0) is 0 Å². The summed E-state index contributed by atoms with van der Waals surface area (Å²) in [6.07, 6.45) is -41.4. The fourth-order valence-electron chi connectivity index (χ4n) is 1.68.